The number of nitrogens with one attached hydrogen (secondary N) is 1. The Hall–Kier alpha value is -1.11. The summed E-state index contributed by atoms with van der Waals surface area (Å²) in [6.07, 6.45) is 3.74. The fraction of sp³-hybridized carbons (Fsp3) is 0.714. The van der Waals surface area contributed by atoms with Gasteiger partial charge in [0.15, 0.2) is 0 Å². The number of ether oxygens (including phenoxy) is 1. The van der Waals surface area contributed by atoms with Crippen molar-refractivity contribution < 1.29 is 4.74 Å². The predicted octanol–water partition coefficient (Wildman–Crippen LogP) is 1.44. The molecule has 1 aliphatic heterocycles. The van der Waals surface area contributed by atoms with Gasteiger partial charge in [0.2, 0.25) is 0 Å². The molecule has 2 rings (SSSR count). The number of likely N-dealkylation sites (tertiary alicyclic amines) is 1. The highest BCUT2D eigenvalue weighted by Gasteiger charge is 2.19. The maximum absolute atomic E-state index is 12.1. The second kappa shape index (κ2) is 7.77. The Morgan fingerprint density at radius 1 is 1.48 bits per heavy atom. The lowest BCUT2D eigenvalue weighted by Gasteiger charge is -2.32. The first-order valence-corrected chi connectivity index (χ1v) is 7.77. The number of aromatic nitrogens is 2. The van der Waals surface area contributed by atoms with Crippen LogP contribution in [0.25, 0.3) is 0 Å². The van der Waals surface area contributed by atoms with Crippen LogP contribution < -0.4 is 10.9 Å². The Labute approximate surface area is 130 Å². The Morgan fingerprint density at radius 3 is 2.81 bits per heavy atom. The number of hydrogen-bond acceptors (Lipinski definition) is 5. The maximum atomic E-state index is 12.1. The Balaban J connectivity index is 2.01. The van der Waals surface area contributed by atoms with E-state index in [1.165, 1.54) is 4.68 Å². The summed E-state index contributed by atoms with van der Waals surface area (Å²) >= 11 is 6.17. The molecule has 0 radical (unpaired) electrons. The number of piperidine rings is 1. The first-order valence-electron chi connectivity index (χ1n) is 7.39. The summed E-state index contributed by atoms with van der Waals surface area (Å²) in [7, 11) is 1.59. The van der Waals surface area contributed by atoms with Crippen LogP contribution in [0.3, 0.4) is 0 Å². The van der Waals surface area contributed by atoms with Crippen molar-refractivity contribution in [2.45, 2.75) is 32.4 Å². The molecule has 0 aromatic carbocycles. The van der Waals surface area contributed by atoms with Crippen LogP contribution in [0.4, 0.5) is 5.69 Å². The van der Waals surface area contributed by atoms with E-state index in [1.54, 1.807) is 13.3 Å². The summed E-state index contributed by atoms with van der Waals surface area (Å²) in [6.45, 7) is 6.25. The molecule has 6 nitrogen and oxygen atoms in total. The first-order chi connectivity index (χ1) is 10.2. The third-order valence-corrected chi connectivity index (χ3v) is 4.25. The average Bonchev–Trinajstić information content (AvgIpc) is 2.52. The monoisotopic (exact) mass is 314 g/mol. The molecular weight excluding hydrogens is 292 g/mol. The van der Waals surface area contributed by atoms with Crippen molar-refractivity contribution in [1.29, 1.82) is 0 Å². The van der Waals surface area contributed by atoms with Crippen LogP contribution in [0.5, 0.6) is 0 Å². The molecule has 0 bridgehead atoms. The summed E-state index contributed by atoms with van der Waals surface area (Å²) in [5.41, 5.74) is 0.356. The molecule has 1 N–H and O–H groups in total. The SMILES string of the molecule is CCN1CCC(Nc2cnn(CCOC)c(=O)c2Cl)CC1. The Morgan fingerprint density at radius 2 is 2.19 bits per heavy atom. The van der Waals surface area contributed by atoms with E-state index in [0.717, 1.165) is 32.5 Å². The van der Waals surface area contributed by atoms with Crippen LogP contribution in [0, 0.1) is 0 Å². The molecule has 0 spiro atoms. The van der Waals surface area contributed by atoms with Crippen molar-refractivity contribution >= 4 is 17.3 Å². The number of anilines is 1. The molecule has 1 aliphatic rings. The van der Waals surface area contributed by atoms with Crippen LogP contribution in [0.1, 0.15) is 19.8 Å². The lowest BCUT2D eigenvalue weighted by Crippen LogP contribution is -2.39. The molecule has 1 fully saturated rings. The van der Waals surface area contributed by atoms with Crippen LogP contribution >= 0.6 is 11.6 Å². The van der Waals surface area contributed by atoms with Crippen LogP contribution in [0.15, 0.2) is 11.0 Å². The molecule has 7 heteroatoms. The number of nitrogens with zero attached hydrogens (tertiary/aromatic N) is 3. The zero-order chi connectivity index (χ0) is 15.2. The van der Waals surface area contributed by atoms with Crippen molar-refractivity contribution in [2.75, 3.05) is 38.7 Å². The fourth-order valence-electron chi connectivity index (χ4n) is 2.52. The minimum atomic E-state index is -0.273. The van der Waals surface area contributed by atoms with Crippen LogP contribution in [-0.4, -0.2) is 54.1 Å². The third kappa shape index (κ3) is 4.18. The minimum Gasteiger partial charge on any atom is -0.383 e. The van der Waals surface area contributed by atoms with Gasteiger partial charge >= 0.3 is 0 Å². The predicted molar refractivity (Wildman–Crippen MR) is 84.1 cm³/mol. The molecule has 0 aliphatic carbocycles. The van der Waals surface area contributed by atoms with Gasteiger partial charge < -0.3 is 15.0 Å². The summed E-state index contributed by atoms with van der Waals surface area (Å²) in [5.74, 6) is 0. The van der Waals surface area contributed by atoms with E-state index >= 15 is 0 Å². The molecule has 0 unspecified atom stereocenters. The lowest BCUT2D eigenvalue weighted by atomic mass is 10.1. The number of rotatable bonds is 6. The van der Waals surface area contributed by atoms with Gasteiger partial charge in [-0.2, -0.15) is 5.10 Å². The zero-order valence-electron chi connectivity index (χ0n) is 12.6. The van der Waals surface area contributed by atoms with Crippen LogP contribution in [0.2, 0.25) is 5.02 Å². The van der Waals surface area contributed by atoms with Crippen molar-refractivity contribution in [3.63, 3.8) is 0 Å². The Kier molecular flexibility index (Phi) is 6.02. The van der Waals surface area contributed by atoms with E-state index < -0.39 is 0 Å². The van der Waals surface area contributed by atoms with Gasteiger partial charge in [-0.15, -0.1) is 0 Å². The summed E-state index contributed by atoms with van der Waals surface area (Å²) < 4.78 is 6.28. The number of methoxy groups -OCH3 is 1. The quantitative estimate of drug-likeness (QED) is 0.861. The van der Waals surface area contributed by atoms with Crippen molar-refractivity contribution in [1.82, 2.24) is 14.7 Å². The van der Waals surface area contributed by atoms with E-state index in [2.05, 4.69) is 22.2 Å². The summed E-state index contributed by atoms with van der Waals surface area (Å²) in [6, 6.07) is 0.348. The van der Waals surface area contributed by atoms with Crippen molar-refractivity contribution in [3.8, 4) is 0 Å². The van der Waals surface area contributed by atoms with Gasteiger partial charge in [-0.05, 0) is 19.4 Å². The molecule has 0 saturated carbocycles. The van der Waals surface area contributed by atoms with Gasteiger partial charge in [-0.25, -0.2) is 4.68 Å². The van der Waals surface area contributed by atoms with Crippen molar-refractivity contribution in [3.05, 3.63) is 21.6 Å². The second-order valence-corrected chi connectivity index (χ2v) is 5.62. The van der Waals surface area contributed by atoms with Crippen LogP contribution in [-0.2, 0) is 11.3 Å². The van der Waals surface area contributed by atoms with Crippen molar-refractivity contribution in [2.24, 2.45) is 0 Å². The molecule has 118 valence electrons. The molecule has 1 aromatic rings. The molecule has 0 amide bonds. The normalized spacial score (nSPS) is 17.1. The van der Waals surface area contributed by atoms with E-state index in [-0.39, 0.29) is 10.6 Å². The standard InChI is InChI=1S/C14H23ClN4O2/c1-3-18-6-4-11(5-7-18)17-12-10-16-19(8-9-21-2)14(20)13(12)15/h10-11,17H,3-9H2,1-2H3. The summed E-state index contributed by atoms with van der Waals surface area (Å²) in [4.78, 5) is 14.5. The molecule has 0 atom stereocenters. The van der Waals surface area contributed by atoms with Gasteiger partial charge in [0, 0.05) is 26.2 Å². The largest absolute Gasteiger partial charge is 0.383 e. The summed E-state index contributed by atoms with van der Waals surface area (Å²) in [5, 5.41) is 7.70. The highest BCUT2D eigenvalue weighted by atomic mass is 35.5. The molecule has 1 aromatic heterocycles. The highest BCUT2D eigenvalue weighted by molar-refractivity contribution is 6.32. The minimum absolute atomic E-state index is 0.207. The topological polar surface area (TPSA) is 59.4 Å². The average molecular weight is 315 g/mol. The Bertz CT molecular complexity index is 512. The van der Waals surface area contributed by atoms with E-state index in [9.17, 15) is 4.79 Å². The van der Waals surface area contributed by atoms with E-state index in [0.29, 0.717) is 24.9 Å². The molecule has 1 saturated heterocycles. The van der Waals surface area contributed by atoms with Gasteiger partial charge in [-0.3, -0.25) is 4.79 Å². The van der Waals surface area contributed by atoms with E-state index in [4.69, 9.17) is 16.3 Å². The van der Waals surface area contributed by atoms with Gasteiger partial charge in [0.1, 0.15) is 5.02 Å². The second-order valence-electron chi connectivity index (χ2n) is 5.25. The highest BCUT2D eigenvalue weighted by Crippen LogP contribution is 2.20. The first kappa shape index (κ1) is 16.3. The number of hydrogen-bond donors (Lipinski definition) is 1. The fourth-order valence-corrected chi connectivity index (χ4v) is 2.72. The lowest BCUT2D eigenvalue weighted by molar-refractivity contribution is 0.182. The molecule has 2 heterocycles. The molecule has 21 heavy (non-hydrogen) atoms. The number of halogens is 1. The molecular formula is C14H23ClN4O2. The smallest absolute Gasteiger partial charge is 0.287 e. The van der Waals surface area contributed by atoms with E-state index in [1.807, 2.05) is 0 Å². The van der Waals surface area contributed by atoms with Gasteiger partial charge in [0.25, 0.3) is 5.56 Å². The third-order valence-electron chi connectivity index (χ3n) is 3.89. The van der Waals surface area contributed by atoms with Gasteiger partial charge in [0.05, 0.1) is 25.0 Å². The zero-order valence-corrected chi connectivity index (χ0v) is 13.4. The van der Waals surface area contributed by atoms with Gasteiger partial charge in [-0.1, -0.05) is 18.5 Å². The maximum Gasteiger partial charge on any atom is 0.287 e.